The molecule has 0 aromatic heterocycles. The number of anilines is 1. The van der Waals surface area contributed by atoms with Gasteiger partial charge in [-0.1, -0.05) is 19.9 Å². The van der Waals surface area contributed by atoms with Gasteiger partial charge in [-0.25, -0.2) is 13.6 Å². The van der Waals surface area contributed by atoms with E-state index in [1.807, 2.05) is 40.7 Å². The Balaban J connectivity index is 1.95. The summed E-state index contributed by atoms with van der Waals surface area (Å²) in [7, 11) is 0. The number of hydrogen-bond donors (Lipinski definition) is 1. The lowest BCUT2D eigenvalue weighted by atomic mass is 9.82. The van der Waals surface area contributed by atoms with E-state index in [1.54, 1.807) is 11.0 Å². The van der Waals surface area contributed by atoms with Crippen LogP contribution in [0.1, 0.15) is 56.1 Å². The van der Waals surface area contributed by atoms with Crippen molar-refractivity contribution in [2.24, 2.45) is 0 Å². The molecular formula is C21H29F2N3O3. The van der Waals surface area contributed by atoms with Crippen LogP contribution in [0.4, 0.5) is 19.3 Å². The minimum Gasteiger partial charge on any atom is -0.444 e. The van der Waals surface area contributed by atoms with Gasteiger partial charge in [-0.3, -0.25) is 4.79 Å². The summed E-state index contributed by atoms with van der Waals surface area (Å²) in [6.07, 6.45) is -2.97. The van der Waals surface area contributed by atoms with E-state index < -0.39 is 24.5 Å². The zero-order chi connectivity index (χ0) is 21.6. The van der Waals surface area contributed by atoms with Gasteiger partial charge in [-0.15, -0.1) is 0 Å². The van der Waals surface area contributed by atoms with Crippen molar-refractivity contribution in [3.8, 4) is 0 Å². The molecule has 0 saturated heterocycles. The van der Waals surface area contributed by atoms with Gasteiger partial charge in [0.15, 0.2) is 0 Å². The maximum Gasteiger partial charge on any atom is 0.410 e. The molecular weight excluding hydrogens is 380 g/mol. The smallest absolute Gasteiger partial charge is 0.410 e. The molecule has 160 valence electrons. The van der Waals surface area contributed by atoms with Crippen LogP contribution in [0.5, 0.6) is 0 Å². The van der Waals surface area contributed by atoms with Crippen molar-refractivity contribution in [3.05, 3.63) is 28.8 Å². The van der Waals surface area contributed by atoms with Gasteiger partial charge < -0.3 is 19.9 Å². The minimum atomic E-state index is -2.60. The van der Waals surface area contributed by atoms with Crippen LogP contribution in [-0.4, -0.2) is 55.1 Å². The van der Waals surface area contributed by atoms with Crippen molar-refractivity contribution in [3.63, 3.8) is 0 Å². The Hall–Kier alpha value is -2.38. The quantitative estimate of drug-likeness (QED) is 0.830. The van der Waals surface area contributed by atoms with Gasteiger partial charge in [-0.2, -0.15) is 0 Å². The van der Waals surface area contributed by atoms with Crippen LogP contribution >= 0.6 is 0 Å². The number of nitrogens with zero attached hydrogens (tertiary/aromatic N) is 2. The lowest BCUT2D eigenvalue weighted by molar-refractivity contribution is 0.0243. The van der Waals surface area contributed by atoms with E-state index in [1.165, 1.54) is 0 Å². The van der Waals surface area contributed by atoms with Gasteiger partial charge in [0.1, 0.15) is 5.60 Å². The highest BCUT2D eigenvalue weighted by molar-refractivity contribution is 5.99. The third-order valence-electron chi connectivity index (χ3n) is 5.15. The van der Waals surface area contributed by atoms with Gasteiger partial charge in [0.2, 0.25) is 0 Å². The number of rotatable bonds is 3. The summed E-state index contributed by atoms with van der Waals surface area (Å²) in [5.74, 6) is -0.494. The molecule has 0 aliphatic carbocycles. The Morgan fingerprint density at radius 3 is 2.55 bits per heavy atom. The van der Waals surface area contributed by atoms with E-state index in [4.69, 9.17) is 4.74 Å². The second-order valence-electron chi connectivity index (χ2n) is 9.30. The monoisotopic (exact) mass is 409 g/mol. The molecule has 8 heteroatoms. The molecule has 1 aromatic rings. The number of halogens is 2. The molecule has 3 rings (SSSR count). The Bertz CT molecular complexity index is 818. The van der Waals surface area contributed by atoms with Crippen molar-refractivity contribution >= 4 is 17.7 Å². The molecule has 0 saturated carbocycles. The zero-order valence-electron chi connectivity index (χ0n) is 17.6. The Morgan fingerprint density at radius 1 is 1.24 bits per heavy atom. The van der Waals surface area contributed by atoms with Crippen LogP contribution in [0.3, 0.4) is 0 Å². The summed E-state index contributed by atoms with van der Waals surface area (Å²) in [5.41, 5.74) is 2.25. The minimum absolute atomic E-state index is 0.309. The van der Waals surface area contributed by atoms with Crippen LogP contribution in [0, 0.1) is 0 Å². The van der Waals surface area contributed by atoms with Crippen LogP contribution in [-0.2, 0) is 16.7 Å². The van der Waals surface area contributed by atoms with E-state index in [2.05, 4.69) is 10.2 Å². The maximum atomic E-state index is 12.6. The van der Waals surface area contributed by atoms with Gasteiger partial charge in [0.25, 0.3) is 12.3 Å². The Kier molecular flexibility index (Phi) is 5.49. The molecule has 0 spiro atoms. The summed E-state index contributed by atoms with van der Waals surface area (Å²) in [5, 5.41) is 2.31. The molecule has 0 fully saturated rings. The highest BCUT2D eigenvalue weighted by Crippen LogP contribution is 2.46. The Labute approximate surface area is 170 Å². The largest absolute Gasteiger partial charge is 0.444 e. The van der Waals surface area contributed by atoms with E-state index >= 15 is 0 Å². The van der Waals surface area contributed by atoms with Crippen molar-refractivity contribution in [2.75, 3.05) is 31.1 Å². The molecule has 2 aliphatic rings. The van der Waals surface area contributed by atoms with Crippen molar-refractivity contribution in [1.29, 1.82) is 0 Å². The molecule has 6 nitrogen and oxygen atoms in total. The first-order valence-electron chi connectivity index (χ1n) is 9.84. The van der Waals surface area contributed by atoms with Crippen LogP contribution in [0.25, 0.3) is 0 Å². The average molecular weight is 409 g/mol. The number of nitrogens with one attached hydrogen (secondary N) is 1. The fourth-order valence-corrected chi connectivity index (χ4v) is 4.10. The van der Waals surface area contributed by atoms with Gasteiger partial charge in [0.05, 0.1) is 13.1 Å². The van der Waals surface area contributed by atoms with E-state index in [0.29, 0.717) is 31.7 Å². The number of hydrogen-bond acceptors (Lipinski definition) is 4. The van der Waals surface area contributed by atoms with Crippen LogP contribution in [0.2, 0.25) is 0 Å². The number of benzene rings is 1. The van der Waals surface area contributed by atoms with Crippen LogP contribution in [0.15, 0.2) is 12.1 Å². The summed E-state index contributed by atoms with van der Waals surface area (Å²) >= 11 is 0. The third kappa shape index (κ3) is 4.46. The lowest BCUT2D eigenvalue weighted by Gasteiger charge is -2.28. The molecule has 0 atom stereocenters. The first kappa shape index (κ1) is 21.3. The lowest BCUT2D eigenvalue weighted by Crippen LogP contribution is -2.40. The van der Waals surface area contributed by atoms with Crippen LogP contribution < -0.4 is 10.2 Å². The van der Waals surface area contributed by atoms with Gasteiger partial charge in [-0.05, 0) is 38.0 Å². The second kappa shape index (κ2) is 7.46. The fraction of sp³-hybridized carbons (Fsp3) is 0.619. The number of carbonyl (C=O) groups excluding carboxylic acids is 2. The van der Waals surface area contributed by atoms with E-state index in [-0.39, 0.29) is 11.5 Å². The Morgan fingerprint density at radius 2 is 1.93 bits per heavy atom. The molecule has 2 heterocycles. The molecule has 29 heavy (non-hydrogen) atoms. The highest BCUT2D eigenvalue weighted by Gasteiger charge is 2.42. The normalized spacial score (nSPS) is 17.8. The number of carbonyl (C=O) groups is 2. The summed E-state index contributed by atoms with van der Waals surface area (Å²) < 4.78 is 30.6. The zero-order valence-corrected chi connectivity index (χ0v) is 17.6. The maximum absolute atomic E-state index is 12.6. The molecule has 2 amide bonds. The second-order valence-corrected chi connectivity index (χ2v) is 9.30. The number of alkyl halides is 2. The molecule has 1 aromatic carbocycles. The average Bonchev–Trinajstić information content (AvgIpc) is 2.74. The summed E-state index contributed by atoms with van der Waals surface area (Å²) in [6.45, 7) is 11.1. The predicted molar refractivity (Wildman–Crippen MR) is 107 cm³/mol. The standard InChI is InChI=1S/C21H29F2N3O3/c1-20(2,3)29-19(28)25-8-9-26-12-21(4,5)16-14(18(27)24-10-15(22)23)7-6-13(11-25)17(16)26/h6-7,15H,8-12H2,1-5H3,(H,24,27). The highest BCUT2D eigenvalue weighted by atomic mass is 19.3. The predicted octanol–water partition coefficient (Wildman–Crippen LogP) is 3.53. The number of amides is 2. The van der Waals surface area contributed by atoms with Crippen molar-refractivity contribution in [1.82, 2.24) is 10.2 Å². The van der Waals surface area contributed by atoms with Gasteiger partial charge in [0, 0.05) is 36.3 Å². The summed E-state index contributed by atoms with van der Waals surface area (Å²) in [6, 6.07) is 3.49. The molecule has 0 bridgehead atoms. The third-order valence-corrected chi connectivity index (χ3v) is 5.15. The van der Waals surface area contributed by atoms with E-state index in [9.17, 15) is 18.4 Å². The molecule has 1 N–H and O–H groups in total. The summed E-state index contributed by atoms with van der Waals surface area (Å²) in [4.78, 5) is 29.0. The van der Waals surface area contributed by atoms with Crippen molar-refractivity contribution < 1.29 is 23.1 Å². The fourth-order valence-electron chi connectivity index (χ4n) is 4.10. The first-order chi connectivity index (χ1) is 13.4. The van der Waals surface area contributed by atoms with E-state index in [0.717, 1.165) is 16.8 Å². The number of ether oxygens (including phenoxy) is 1. The van der Waals surface area contributed by atoms with Crippen molar-refractivity contribution in [2.45, 2.75) is 58.6 Å². The first-order valence-corrected chi connectivity index (χ1v) is 9.84. The topological polar surface area (TPSA) is 61.9 Å². The molecule has 2 aliphatic heterocycles. The SMILES string of the molecule is CC(C)(C)OC(=O)N1CCN2CC(C)(C)c3c(C(=O)NCC(F)F)ccc(c32)C1. The molecule has 0 unspecified atom stereocenters. The molecule has 0 radical (unpaired) electrons. The van der Waals surface area contributed by atoms with Gasteiger partial charge >= 0.3 is 6.09 Å².